The number of oxime groups is 1. The molecule has 2 aromatic heterocycles. The number of nitrogens with one attached hydrogen (secondary N) is 2. The van der Waals surface area contributed by atoms with Gasteiger partial charge in [-0.3, -0.25) is 19.5 Å². The van der Waals surface area contributed by atoms with Crippen LogP contribution in [0.1, 0.15) is 78.3 Å². The first-order chi connectivity index (χ1) is 39.6. The Hall–Kier alpha value is -9.12. The standard InChI is InChI=1S/C65H58N6O8S2/c1-4-53(5-2)78-63(75)77-44(3)76-61(74)57-46(39-38-45-25-24-40-66-41-45)42-80-60-56(59(73)71(57)60)68-58(72)55(70-79-65(50-32-18-9-19-33-50,51-34-20-10-21-35-51)52-36-22-11-23-37-52)54-43-81-62(67-54)69-64(47-26-12-6-13-27-47,48-28-14-7-15-29-48)49-30-16-8-17-31-49/h6-41,43-44,53,56,60H,4-5,42H2,1-3H3,(H,67,69)(H,68,72)/b39-38-,70-55?/t44?,56-,60-/m1/s1. The summed E-state index contributed by atoms with van der Waals surface area (Å²) in [6, 6.07) is 61.7. The number of aromatic nitrogens is 2. The van der Waals surface area contributed by atoms with Crippen molar-refractivity contribution in [2.45, 2.75) is 68.6 Å². The third-order valence-corrected chi connectivity index (χ3v) is 16.1. The maximum Gasteiger partial charge on any atom is 0.511 e. The third kappa shape index (κ3) is 11.8. The van der Waals surface area contributed by atoms with Gasteiger partial charge in [-0.25, -0.2) is 14.6 Å². The topological polar surface area (TPSA) is 171 Å². The van der Waals surface area contributed by atoms with E-state index in [1.807, 2.05) is 166 Å². The zero-order valence-electron chi connectivity index (χ0n) is 44.7. The number of hydrogen-bond acceptors (Lipinski definition) is 14. The molecule has 0 saturated carbocycles. The number of carbonyl (C=O) groups excluding carboxylic acids is 4. The van der Waals surface area contributed by atoms with Crippen molar-refractivity contribution in [2.75, 3.05) is 11.1 Å². The molecule has 0 spiro atoms. The Kier molecular flexibility index (Phi) is 17.3. The molecule has 2 amide bonds. The second-order valence-electron chi connectivity index (χ2n) is 19.1. The summed E-state index contributed by atoms with van der Waals surface area (Å²) in [4.78, 5) is 74.8. The van der Waals surface area contributed by atoms with E-state index in [1.54, 1.807) is 36.0 Å². The average Bonchev–Trinajstić information content (AvgIpc) is 4.10. The van der Waals surface area contributed by atoms with Gasteiger partial charge in [0, 0.05) is 47.1 Å². The van der Waals surface area contributed by atoms with Gasteiger partial charge >= 0.3 is 12.1 Å². The number of pyridine rings is 1. The number of esters is 1. The van der Waals surface area contributed by atoms with Gasteiger partial charge in [0.05, 0.1) is 0 Å². The van der Waals surface area contributed by atoms with Crippen molar-refractivity contribution in [1.82, 2.24) is 20.2 Å². The number of allylic oxidation sites excluding steroid dienone is 1. The monoisotopic (exact) mass is 1110 g/mol. The molecule has 1 fully saturated rings. The molecule has 10 rings (SSSR count). The van der Waals surface area contributed by atoms with Gasteiger partial charge < -0.3 is 29.7 Å². The van der Waals surface area contributed by atoms with Gasteiger partial charge in [0.1, 0.15) is 34.4 Å². The number of anilines is 1. The van der Waals surface area contributed by atoms with E-state index >= 15 is 4.79 Å². The summed E-state index contributed by atoms with van der Waals surface area (Å²) < 4.78 is 16.4. The van der Waals surface area contributed by atoms with Gasteiger partial charge in [-0.05, 0) is 46.7 Å². The molecule has 81 heavy (non-hydrogen) atoms. The first-order valence-electron chi connectivity index (χ1n) is 26.6. The summed E-state index contributed by atoms with van der Waals surface area (Å²) in [5.41, 5.74) is 3.76. The molecule has 3 atom stereocenters. The molecule has 2 N–H and O–H groups in total. The molecule has 14 nitrogen and oxygen atoms in total. The minimum absolute atomic E-state index is 0.0669. The number of rotatable bonds is 21. The summed E-state index contributed by atoms with van der Waals surface area (Å²) in [6.45, 7) is 5.16. The van der Waals surface area contributed by atoms with Crippen LogP contribution in [0.25, 0.3) is 6.08 Å². The number of carbonyl (C=O) groups is 4. The number of thiazole rings is 1. The Morgan fingerprint density at radius 1 is 0.691 bits per heavy atom. The number of hydrogen-bond donors (Lipinski definition) is 2. The minimum atomic E-state index is -1.40. The summed E-state index contributed by atoms with van der Waals surface area (Å²) in [5, 5.41) is 13.1. The van der Waals surface area contributed by atoms with Gasteiger partial charge in [0.15, 0.2) is 10.8 Å². The largest absolute Gasteiger partial charge is 0.511 e. The minimum Gasteiger partial charge on any atom is -0.431 e. The van der Waals surface area contributed by atoms with E-state index in [1.165, 1.54) is 34.9 Å². The molecule has 408 valence electrons. The van der Waals surface area contributed by atoms with E-state index in [2.05, 4.69) is 52.0 Å². The highest BCUT2D eigenvalue weighted by molar-refractivity contribution is 8.00. The number of nitrogens with zero attached hydrogens (tertiary/aromatic N) is 4. The number of ether oxygens (including phenoxy) is 3. The predicted octanol–water partition coefficient (Wildman–Crippen LogP) is 12.3. The van der Waals surface area contributed by atoms with Crippen molar-refractivity contribution >= 4 is 64.0 Å². The average molecular weight is 1120 g/mol. The summed E-state index contributed by atoms with van der Waals surface area (Å²) >= 11 is 2.63. The van der Waals surface area contributed by atoms with Crippen LogP contribution in [0.5, 0.6) is 0 Å². The number of β-lactam (4-membered cyclic amide) rings is 1. The molecule has 0 bridgehead atoms. The summed E-state index contributed by atoms with van der Waals surface area (Å²) in [5.74, 6) is -2.03. The van der Waals surface area contributed by atoms with Crippen LogP contribution in [0.4, 0.5) is 9.93 Å². The number of amides is 2. The molecule has 8 aromatic rings. The van der Waals surface area contributed by atoms with Crippen molar-refractivity contribution < 1.29 is 38.2 Å². The van der Waals surface area contributed by atoms with Crippen LogP contribution < -0.4 is 10.6 Å². The first-order valence-corrected chi connectivity index (χ1v) is 28.5. The van der Waals surface area contributed by atoms with E-state index in [-0.39, 0.29) is 29.0 Å². The predicted molar refractivity (Wildman–Crippen MR) is 315 cm³/mol. The van der Waals surface area contributed by atoms with E-state index < -0.39 is 52.8 Å². The smallest absolute Gasteiger partial charge is 0.431 e. The van der Waals surface area contributed by atoms with Crippen LogP contribution in [0.2, 0.25) is 0 Å². The molecule has 1 saturated heterocycles. The molecule has 0 aliphatic carbocycles. The lowest BCUT2D eigenvalue weighted by molar-refractivity contribution is -0.169. The quantitative estimate of drug-likeness (QED) is 0.0175. The van der Waals surface area contributed by atoms with Crippen LogP contribution in [-0.2, 0) is 44.6 Å². The van der Waals surface area contributed by atoms with E-state index in [0.29, 0.717) is 23.5 Å². The fourth-order valence-electron chi connectivity index (χ4n) is 10.0. The summed E-state index contributed by atoms with van der Waals surface area (Å²) in [6.07, 6.45) is 5.21. The highest BCUT2D eigenvalue weighted by Gasteiger charge is 2.55. The van der Waals surface area contributed by atoms with Gasteiger partial charge in [-0.2, -0.15) is 0 Å². The van der Waals surface area contributed by atoms with E-state index in [4.69, 9.17) is 29.2 Å². The van der Waals surface area contributed by atoms with Crippen molar-refractivity contribution in [3.05, 3.63) is 274 Å². The summed E-state index contributed by atoms with van der Waals surface area (Å²) in [7, 11) is 0. The highest BCUT2D eigenvalue weighted by atomic mass is 32.2. The second kappa shape index (κ2) is 25.3. The van der Waals surface area contributed by atoms with Crippen molar-refractivity contribution in [2.24, 2.45) is 5.16 Å². The van der Waals surface area contributed by atoms with Gasteiger partial charge in [0.25, 0.3) is 11.8 Å². The van der Waals surface area contributed by atoms with Crippen molar-refractivity contribution in [3.63, 3.8) is 0 Å². The SMILES string of the molecule is CCC(CC)OC(=O)OC(C)OC(=O)C1=C(/C=C\c2cccnc2)CS[C@@H]2[C@H](NC(=O)C(=NOC(c3ccccc3)(c3ccccc3)c3ccccc3)c3csc(NC(c4ccccc4)(c4ccccc4)c4ccccc4)n3)C(=O)N12. The van der Waals surface area contributed by atoms with Crippen LogP contribution in [-0.4, -0.2) is 74.1 Å². The van der Waals surface area contributed by atoms with Crippen LogP contribution in [0.15, 0.2) is 234 Å². The van der Waals surface area contributed by atoms with Crippen molar-refractivity contribution in [1.29, 1.82) is 0 Å². The second-order valence-corrected chi connectivity index (χ2v) is 21.0. The zero-order chi connectivity index (χ0) is 56.2. The Bertz CT molecular complexity index is 3340. The van der Waals surface area contributed by atoms with Crippen LogP contribution >= 0.6 is 23.1 Å². The third-order valence-electron chi connectivity index (χ3n) is 14.0. The zero-order valence-corrected chi connectivity index (χ0v) is 46.3. The van der Waals surface area contributed by atoms with Gasteiger partial charge in [0.2, 0.25) is 11.9 Å². The highest BCUT2D eigenvalue weighted by Crippen LogP contribution is 2.44. The molecule has 16 heteroatoms. The lowest BCUT2D eigenvalue weighted by atomic mass is 9.77. The molecule has 0 radical (unpaired) electrons. The Balaban J connectivity index is 1.03. The van der Waals surface area contributed by atoms with Gasteiger partial charge in [-0.1, -0.05) is 219 Å². The molecular weight excluding hydrogens is 1060 g/mol. The van der Waals surface area contributed by atoms with E-state index in [9.17, 15) is 14.4 Å². The number of benzene rings is 6. The number of thioether (sulfide) groups is 1. The van der Waals surface area contributed by atoms with Crippen LogP contribution in [0, 0.1) is 0 Å². The maximum absolute atomic E-state index is 15.4. The van der Waals surface area contributed by atoms with Gasteiger partial charge in [-0.15, -0.1) is 23.1 Å². The lowest BCUT2D eigenvalue weighted by Crippen LogP contribution is -2.71. The maximum atomic E-state index is 15.4. The fraction of sp³-hybridized carbons (Fsp3) is 0.185. The Labute approximate surface area is 478 Å². The Morgan fingerprint density at radius 3 is 1.70 bits per heavy atom. The Morgan fingerprint density at radius 2 is 1.21 bits per heavy atom. The molecule has 2 aliphatic heterocycles. The molecular formula is C65H58N6O8S2. The normalized spacial score (nSPS) is 15.8. The lowest BCUT2D eigenvalue weighted by Gasteiger charge is -2.49. The number of fused-ring (bicyclic) bond motifs is 1. The fourth-order valence-corrected chi connectivity index (χ4v) is 12.1. The van der Waals surface area contributed by atoms with Crippen molar-refractivity contribution in [3.8, 4) is 0 Å². The molecule has 4 heterocycles. The molecule has 2 aliphatic rings. The molecule has 1 unspecified atom stereocenters. The molecule has 6 aromatic carbocycles. The van der Waals surface area contributed by atoms with E-state index in [0.717, 1.165) is 38.9 Å². The van der Waals surface area contributed by atoms with Crippen LogP contribution in [0.3, 0.4) is 0 Å². The first kappa shape index (κ1) is 55.2.